The molecule has 0 saturated carbocycles. The van der Waals surface area contributed by atoms with Crippen molar-refractivity contribution >= 4 is 21.8 Å². The third-order valence-corrected chi connectivity index (χ3v) is 5.71. The van der Waals surface area contributed by atoms with Crippen molar-refractivity contribution in [3.05, 3.63) is 48.3 Å². The minimum atomic E-state index is -3.62. The molecule has 0 radical (unpaired) electrons. The number of anilines is 1. The van der Waals surface area contributed by atoms with Crippen LogP contribution in [0, 0.1) is 0 Å². The Labute approximate surface area is 147 Å². The van der Waals surface area contributed by atoms with Crippen molar-refractivity contribution in [3.63, 3.8) is 0 Å². The summed E-state index contributed by atoms with van der Waals surface area (Å²) in [6.45, 7) is 2.54. The summed E-state index contributed by atoms with van der Waals surface area (Å²) in [5.74, 6) is 0.524. The molecule has 1 aliphatic heterocycles. The molecular formula is C17H20N4O3S. The summed E-state index contributed by atoms with van der Waals surface area (Å²) < 4.78 is 27.6. The van der Waals surface area contributed by atoms with Gasteiger partial charge in [0.15, 0.2) is 5.78 Å². The number of carbonyl (C=O) groups excluding carboxylic acids is 1. The van der Waals surface area contributed by atoms with Gasteiger partial charge < -0.3 is 4.90 Å². The second-order valence-corrected chi connectivity index (χ2v) is 7.74. The molecule has 7 nitrogen and oxygen atoms in total. The van der Waals surface area contributed by atoms with Gasteiger partial charge in [-0.25, -0.2) is 23.1 Å². The number of ketones is 1. The van der Waals surface area contributed by atoms with E-state index in [0.29, 0.717) is 11.5 Å². The Bertz CT molecular complexity index is 838. The number of Topliss-reactive ketones (excluding diaryl/α,β-unsaturated/α-hetero) is 1. The second kappa shape index (κ2) is 7.28. The van der Waals surface area contributed by atoms with E-state index < -0.39 is 10.0 Å². The SMILES string of the molecule is CC(=O)c1ccc(S(=O)(=O)NC[C@@H]2CCCN2c2ncccn2)cc1. The number of hydrogen-bond acceptors (Lipinski definition) is 6. The highest BCUT2D eigenvalue weighted by Crippen LogP contribution is 2.22. The van der Waals surface area contributed by atoms with Crippen molar-refractivity contribution in [1.82, 2.24) is 14.7 Å². The first-order valence-corrected chi connectivity index (χ1v) is 9.60. The lowest BCUT2D eigenvalue weighted by Crippen LogP contribution is -2.40. The molecule has 3 rings (SSSR count). The highest BCUT2D eigenvalue weighted by molar-refractivity contribution is 7.89. The normalized spacial score (nSPS) is 17.6. The first-order chi connectivity index (χ1) is 12.0. The van der Waals surface area contributed by atoms with Crippen LogP contribution in [0.1, 0.15) is 30.1 Å². The van der Waals surface area contributed by atoms with Crippen molar-refractivity contribution in [3.8, 4) is 0 Å². The lowest BCUT2D eigenvalue weighted by molar-refractivity contribution is 0.101. The Morgan fingerprint density at radius 1 is 1.24 bits per heavy atom. The van der Waals surface area contributed by atoms with E-state index in [1.165, 1.54) is 31.2 Å². The molecule has 0 aliphatic carbocycles. The molecule has 25 heavy (non-hydrogen) atoms. The van der Waals surface area contributed by atoms with Crippen molar-refractivity contribution in [2.75, 3.05) is 18.0 Å². The summed E-state index contributed by atoms with van der Waals surface area (Å²) in [4.78, 5) is 22.0. The van der Waals surface area contributed by atoms with Gasteiger partial charge in [0, 0.05) is 37.1 Å². The number of hydrogen-bond donors (Lipinski definition) is 1. The van der Waals surface area contributed by atoms with Crippen LogP contribution in [0.15, 0.2) is 47.6 Å². The third-order valence-electron chi connectivity index (χ3n) is 4.27. The van der Waals surface area contributed by atoms with Crippen molar-refractivity contribution < 1.29 is 13.2 Å². The fourth-order valence-electron chi connectivity index (χ4n) is 2.91. The van der Waals surface area contributed by atoms with Gasteiger partial charge in [0.1, 0.15) is 0 Å². The second-order valence-electron chi connectivity index (χ2n) is 5.97. The van der Waals surface area contributed by atoms with Crippen LogP contribution in [0.5, 0.6) is 0 Å². The molecule has 1 aromatic heterocycles. The Balaban J connectivity index is 1.68. The molecule has 0 unspecified atom stereocenters. The highest BCUT2D eigenvalue weighted by atomic mass is 32.2. The maximum Gasteiger partial charge on any atom is 0.240 e. The van der Waals surface area contributed by atoms with Gasteiger partial charge in [0.25, 0.3) is 0 Å². The predicted molar refractivity (Wildman–Crippen MR) is 94.0 cm³/mol. The number of nitrogens with one attached hydrogen (secondary N) is 1. The third kappa shape index (κ3) is 4.02. The fourth-order valence-corrected chi connectivity index (χ4v) is 3.98. The molecule has 132 valence electrons. The Hall–Kier alpha value is -2.32. The Morgan fingerprint density at radius 2 is 1.92 bits per heavy atom. The number of carbonyl (C=O) groups is 1. The van der Waals surface area contributed by atoms with Crippen LogP contribution in [0.3, 0.4) is 0 Å². The van der Waals surface area contributed by atoms with Crippen molar-refractivity contribution in [2.24, 2.45) is 0 Å². The van der Waals surface area contributed by atoms with E-state index in [9.17, 15) is 13.2 Å². The molecule has 0 spiro atoms. The van der Waals surface area contributed by atoms with Crippen LogP contribution >= 0.6 is 0 Å². The molecule has 1 atom stereocenters. The maximum absolute atomic E-state index is 12.5. The van der Waals surface area contributed by atoms with Gasteiger partial charge in [0.05, 0.1) is 4.90 Å². The zero-order valence-corrected chi connectivity index (χ0v) is 14.7. The minimum absolute atomic E-state index is 0.0219. The van der Waals surface area contributed by atoms with E-state index >= 15 is 0 Å². The molecule has 1 fully saturated rings. The molecule has 1 saturated heterocycles. The van der Waals surface area contributed by atoms with Crippen LogP contribution in [0.2, 0.25) is 0 Å². The van der Waals surface area contributed by atoms with Gasteiger partial charge in [-0.15, -0.1) is 0 Å². The van der Waals surface area contributed by atoms with Gasteiger partial charge in [-0.1, -0.05) is 12.1 Å². The molecular weight excluding hydrogens is 340 g/mol. The highest BCUT2D eigenvalue weighted by Gasteiger charge is 2.28. The van der Waals surface area contributed by atoms with E-state index in [0.717, 1.165) is 19.4 Å². The van der Waals surface area contributed by atoms with Crippen molar-refractivity contribution in [1.29, 1.82) is 0 Å². The Morgan fingerprint density at radius 3 is 2.56 bits per heavy atom. The standard InChI is InChI=1S/C17H20N4O3S/c1-13(22)14-5-7-16(8-6-14)25(23,24)20-12-15-4-2-11-21(15)17-18-9-3-10-19-17/h3,5-10,15,20H,2,4,11-12H2,1H3/t15-/m0/s1. The van der Waals surface area contributed by atoms with E-state index in [4.69, 9.17) is 0 Å². The van der Waals surface area contributed by atoms with Gasteiger partial charge in [-0.3, -0.25) is 4.79 Å². The molecule has 8 heteroatoms. The van der Waals surface area contributed by atoms with Gasteiger partial charge >= 0.3 is 0 Å². The van der Waals surface area contributed by atoms with Gasteiger partial charge in [0.2, 0.25) is 16.0 Å². The van der Waals surface area contributed by atoms with Gasteiger partial charge in [-0.2, -0.15) is 0 Å². The van der Waals surface area contributed by atoms with Crippen LogP contribution in [-0.4, -0.2) is 43.3 Å². The molecule has 1 aliphatic rings. The number of aromatic nitrogens is 2. The summed E-state index contributed by atoms with van der Waals surface area (Å²) in [6.07, 6.45) is 5.21. The zero-order chi connectivity index (χ0) is 17.9. The number of rotatable bonds is 6. The number of benzene rings is 1. The first-order valence-electron chi connectivity index (χ1n) is 8.12. The molecule has 1 N–H and O–H groups in total. The smallest absolute Gasteiger partial charge is 0.240 e. The lowest BCUT2D eigenvalue weighted by Gasteiger charge is -2.24. The first kappa shape index (κ1) is 17.5. The average Bonchev–Trinajstić information content (AvgIpc) is 3.09. The monoisotopic (exact) mass is 360 g/mol. The fraction of sp³-hybridized carbons (Fsp3) is 0.353. The molecule has 1 aromatic carbocycles. The zero-order valence-electron chi connectivity index (χ0n) is 13.9. The lowest BCUT2D eigenvalue weighted by atomic mass is 10.2. The summed E-state index contributed by atoms with van der Waals surface area (Å²) in [5, 5.41) is 0. The quantitative estimate of drug-likeness (QED) is 0.787. The van der Waals surface area contributed by atoms with Gasteiger partial charge in [-0.05, 0) is 38.0 Å². The van der Waals surface area contributed by atoms with Crippen LogP contribution in [-0.2, 0) is 10.0 Å². The topological polar surface area (TPSA) is 92.3 Å². The minimum Gasteiger partial charge on any atom is -0.337 e. The number of sulfonamides is 1. The molecule has 2 heterocycles. The van der Waals surface area contributed by atoms with E-state index in [1.807, 2.05) is 4.90 Å². The van der Waals surface area contributed by atoms with E-state index in [1.54, 1.807) is 18.5 Å². The van der Waals surface area contributed by atoms with Crippen LogP contribution in [0.4, 0.5) is 5.95 Å². The summed E-state index contributed by atoms with van der Waals surface area (Å²) in [7, 11) is -3.62. The van der Waals surface area contributed by atoms with Crippen LogP contribution < -0.4 is 9.62 Å². The summed E-state index contributed by atoms with van der Waals surface area (Å²) >= 11 is 0. The maximum atomic E-state index is 12.5. The summed E-state index contributed by atoms with van der Waals surface area (Å²) in [6, 6.07) is 7.72. The van der Waals surface area contributed by atoms with Crippen molar-refractivity contribution in [2.45, 2.75) is 30.7 Å². The molecule has 0 bridgehead atoms. The largest absolute Gasteiger partial charge is 0.337 e. The van der Waals surface area contributed by atoms with E-state index in [2.05, 4.69) is 14.7 Å². The van der Waals surface area contributed by atoms with E-state index in [-0.39, 0.29) is 23.3 Å². The average molecular weight is 360 g/mol. The molecule has 2 aromatic rings. The predicted octanol–water partition coefficient (Wildman–Crippen LogP) is 1.63. The Kier molecular flexibility index (Phi) is 5.10. The summed E-state index contributed by atoms with van der Waals surface area (Å²) in [5.41, 5.74) is 0.488. The number of nitrogens with zero attached hydrogens (tertiary/aromatic N) is 3. The van der Waals surface area contributed by atoms with Crippen LogP contribution in [0.25, 0.3) is 0 Å². The molecule has 0 amide bonds.